The predicted octanol–water partition coefficient (Wildman–Crippen LogP) is 4.71. The van der Waals surface area contributed by atoms with E-state index in [1.54, 1.807) is 12.1 Å². The smallest absolute Gasteiger partial charge is 0.332 e. The van der Waals surface area contributed by atoms with Crippen molar-refractivity contribution >= 4 is 29.3 Å². The number of nitrogens with zero attached hydrogens (tertiary/aromatic N) is 5. The summed E-state index contributed by atoms with van der Waals surface area (Å²) in [7, 11) is 0. The minimum Gasteiger partial charge on any atom is -0.332 e. The van der Waals surface area contributed by atoms with E-state index in [4.69, 9.17) is 16.7 Å². The van der Waals surface area contributed by atoms with Crippen molar-refractivity contribution in [2.24, 2.45) is 5.10 Å². The lowest BCUT2D eigenvalue weighted by Gasteiger charge is -2.16. The summed E-state index contributed by atoms with van der Waals surface area (Å²) < 4.78 is 1.84. The van der Waals surface area contributed by atoms with Gasteiger partial charge in [-0.05, 0) is 30.7 Å². The maximum Gasteiger partial charge on any atom is 0.345 e. The summed E-state index contributed by atoms with van der Waals surface area (Å²) >= 11 is 6.10. The highest BCUT2D eigenvalue weighted by Crippen LogP contribution is 2.30. The van der Waals surface area contributed by atoms with Gasteiger partial charge in [0.1, 0.15) is 11.5 Å². The number of carbonyl (C=O) groups is 1. The molecule has 2 amide bonds. The Morgan fingerprint density at radius 1 is 0.938 bits per heavy atom. The van der Waals surface area contributed by atoms with Crippen molar-refractivity contribution in [1.29, 1.82) is 0 Å². The van der Waals surface area contributed by atoms with Crippen molar-refractivity contribution in [3.63, 3.8) is 0 Å². The molecule has 158 valence electrons. The highest BCUT2D eigenvalue weighted by atomic mass is 35.5. The third-order valence-corrected chi connectivity index (χ3v) is 5.45. The molecule has 0 aliphatic carbocycles. The summed E-state index contributed by atoms with van der Waals surface area (Å²) in [6, 6.07) is 24.5. The highest BCUT2D eigenvalue weighted by Gasteiger charge is 2.29. The molecule has 7 nitrogen and oxygen atoms in total. The Labute approximate surface area is 190 Å². The van der Waals surface area contributed by atoms with E-state index in [0.29, 0.717) is 29.1 Å². The van der Waals surface area contributed by atoms with Gasteiger partial charge in [-0.15, -0.1) is 15.2 Å². The maximum atomic E-state index is 13.3. The van der Waals surface area contributed by atoms with Crippen LogP contribution in [0.3, 0.4) is 0 Å². The Morgan fingerprint density at radius 3 is 2.44 bits per heavy atom. The van der Waals surface area contributed by atoms with Crippen LogP contribution >= 0.6 is 11.6 Å². The number of hydrogen-bond donors (Lipinski definition) is 1. The lowest BCUT2D eigenvalue weighted by molar-refractivity contribution is 0.245. The number of fused-ring (bicyclic) bond motifs is 3. The van der Waals surface area contributed by atoms with Crippen LogP contribution in [0, 0.1) is 6.92 Å². The minimum absolute atomic E-state index is 0.324. The average Bonchev–Trinajstić information content (AvgIpc) is 3.13. The van der Waals surface area contributed by atoms with Gasteiger partial charge in [0.2, 0.25) is 0 Å². The molecule has 0 unspecified atom stereocenters. The summed E-state index contributed by atoms with van der Waals surface area (Å²) in [4.78, 5) is 13.3. The lowest BCUT2D eigenvalue weighted by Crippen LogP contribution is -2.38. The Balaban J connectivity index is 1.62. The molecule has 0 atom stereocenters. The first kappa shape index (κ1) is 20.0. The standard InChI is InChI=1S/C24H19ClN6O/c1-16-27-28-23-30(16)21-10-6-5-9-20(21)22(18-11-13-19(25)14-12-18)29-31(23)24(32)26-15-17-7-3-2-4-8-17/h2-14H,15H2,1H3,(H,26,32). The molecule has 0 bridgehead atoms. The molecular formula is C24H19ClN6O. The van der Waals surface area contributed by atoms with Gasteiger partial charge in [-0.1, -0.05) is 72.3 Å². The average molecular weight is 443 g/mol. The zero-order chi connectivity index (χ0) is 22.1. The van der Waals surface area contributed by atoms with Gasteiger partial charge in [0.25, 0.3) is 5.95 Å². The number of amides is 2. The topological polar surface area (TPSA) is 75.4 Å². The number of carbonyl (C=O) groups excluding carboxylic acids is 1. The van der Waals surface area contributed by atoms with E-state index in [-0.39, 0.29) is 0 Å². The fourth-order valence-corrected chi connectivity index (χ4v) is 3.77. The molecule has 5 rings (SSSR count). The maximum absolute atomic E-state index is 13.3. The van der Waals surface area contributed by atoms with E-state index in [1.807, 2.05) is 78.2 Å². The van der Waals surface area contributed by atoms with Crippen LogP contribution in [0.1, 0.15) is 22.5 Å². The van der Waals surface area contributed by atoms with Crippen LogP contribution in [0.25, 0.3) is 5.69 Å². The van der Waals surface area contributed by atoms with Crippen molar-refractivity contribution in [1.82, 2.24) is 20.1 Å². The molecule has 0 saturated heterocycles. The number of rotatable bonds is 3. The Kier molecular flexibility index (Phi) is 5.17. The van der Waals surface area contributed by atoms with E-state index in [0.717, 1.165) is 22.4 Å². The van der Waals surface area contributed by atoms with Gasteiger partial charge in [-0.3, -0.25) is 4.57 Å². The molecule has 1 aliphatic rings. The first-order valence-electron chi connectivity index (χ1n) is 10.1. The normalized spacial score (nSPS) is 12.4. The molecule has 8 heteroatoms. The van der Waals surface area contributed by atoms with Crippen LogP contribution in [-0.2, 0) is 6.54 Å². The summed E-state index contributed by atoms with van der Waals surface area (Å²) in [6.07, 6.45) is 0. The van der Waals surface area contributed by atoms with E-state index < -0.39 is 6.03 Å². The van der Waals surface area contributed by atoms with Crippen molar-refractivity contribution in [2.45, 2.75) is 13.5 Å². The molecule has 3 aromatic carbocycles. The molecule has 0 fully saturated rings. The summed E-state index contributed by atoms with van der Waals surface area (Å²) in [6.45, 7) is 2.21. The lowest BCUT2D eigenvalue weighted by atomic mass is 10.0. The fourth-order valence-electron chi connectivity index (χ4n) is 3.64. The molecule has 32 heavy (non-hydrogen) atoms. The number of nitrogens with one attached hydrogen (secondary N) is 1. The molecule has 0 spiro atoms. The van der Waals surface area contributed by atoms with Crippen LogP contribution in [0.4, 0.5) is 10.7 Å². The third kappa shape index (κ3) is 3.63. The second kappa shape index (κ2) is 8.28. The number of hydrogen-bond acceptors (Lipinski definition) is 4. The monoisotopic (exact) mass is 442 g/mol. The molecule has 1 aliphatic heterocycles. The predicted molar refractivity (Wildman–Crippen MR) is 124 cm³/mol. The zero-order valence-corrected chi connectivity index (χ0v) is 18.0. The van der Waals surface area contributed by atoms with E-state index in [9.17, 15) is 4.79 Å². The molecule has 1 aromatic heterocycles. The van der Waals surface area contributed by atoms with Crippen LogP contribution in [0.15, 0.2) is 84.0 Å². The van der Waals surface area contributed by atoms with Gasteiger partial charge in [0.15, 0.2) is 0 Å². The Bertz CT molecular complexity index is 1310. The quantitative estimate of drug-likeness (QED) is 0.499. The number of urea groups is 1. The first-order chi connectivity index (χ1) is 15.6. The second-order valence-electron chi connectivity index (χ2n) is 7.31. The first-order valence-corrected chi connectivity index (χ1v) is 10.5. The molecular weight excluding hydrogens is 424 g/mol. The second-order valence-corrected chi connectivity index (χ2v) is 7.75. The van der Waals surface area contributed by atoms with Crippen LogP contribution in [0.2, 0.25) is 5.02 Å². The number of hydrazone groups is 1. The van der Waals surface area contributed by atoms with Crippen LogP contribution in [0.5, 0.6) is 0 Å². The summed E-state index contributed by atoms with van der Waals surface area (Å²) in [5.74, 6) is 0.977. The summed E-state index contributed by atoms with van der Waals surface area (Å²) in [5, 5.41) is 18.1. The van der Waals surface area contributed by atoms with Gasteiger partial charge in [-0.2, -0.15) is 5.10 Å². The van der Waals surface area contributed by atoms with E-state index in [1.165, 1.54) is 5.01 Å². The highest BCUT2D eigenvalue weighted by molar-refractivity contribution is 6.30. The number of halogens is 1. The van der Waals surface area contributed by atoms with Crippen molar-refractivity contribution in [2.75, 3.05) is 5.01 Å². The number of aryl methyl sites for hydroxylation is 1. The van der Waals surface area contributed by atoms with E-state index >= 15 is 0 Å². The number of benzene rings is 3. The molecule has 2 heterocycles. The number of aromatic nitrogens is 3. The molecule has 4 aromatic rings. The molecule has 0 radical (unpaired) electrons. The zero-order valence-electron chi connectivity index (χ0n) is 17.2. The number of para-hydroxylation sites is 1. The van der Waals surface area contributed by atoms with Crippen LogP contribution in [-0.4, -0.2) is 26.5 Å². The summed E-state index contributed by atoms with van der Waals surface area (Å²) in [5.41, 5.74) is 4.16. The van der Waals surface area contributed by atoms with Gasteiger partial charge >= 0.3 is 6.03 Å². The third-order valence-electron chi connectivity index (χ3n) is 5.19. The Morgan fingerprint density at radius 2 is 1.66 bits per heavy atom. The Hall–Kier alpha value is -3.97. The van der Waals surface area contributed by atoms with Crippen molar-refractivity contribution < 1.29 is 4.79 Å². The minimum atomic E-state index is -0.401. The van der Waals surface area contributed by atoms with Crippen molar-refractivity contribution in [3.05, 3.63) is 106 Å². The van der Waals surface area contributed by atoms with Gasteiger partial charge in [-0.25, -0.2) is 4.79 Å². The van der Waals surface area contributed by atoms with Crippen molar-refractivity contribution in [3.8, 4) is 5.69 Å². The molecule has 0 saturated carbocycles. The van der Waals surface area contributed by atoms with Crippen LogP contribution < -0.4 is 10.3 Å². The van der Waals surface area contributed by atoms with Gasteiger partial charge < -0.3 is 5.32 Å². The van der Waals surface area contributed by atoms with Gasteiger partial charge in [0, 0.05) is 22.7 Å². The largest absolute Gasteiger partial charge is 0.345 e. The van der Waals surface area contributed by atoms with Gasteiger partial charge in [0.05, 0.1) is 5.69 Å². The fraction of sp³-hybridized carbons (Fsp3) is 0.0833. The van der Waals surface area contributed by atoms with E-state index in [2.05, 4.69) is 15.5 Å². The molecule has 1 N–H and O–H groups in total. The SMILES string of the molecule is Cc1nnc2n1-c1ccccc1C(c1ccc(Cl)cc1)=NN2C(=O)NCc1ccccc1. The number of anilines is 1.